The van der Waals surface area contributed by atoms with Crippen LogP contribution in [0.5, 0.6) is 0 Å². The van der Waals surface area contributed by atoms with Crippen molar-refractivity contribution in [3.63, 3.8) is 0 Å². The molecule has 1 aromatic carbocycles. The summed E-state index contributed by atoms with van der Waals surface area (Å²) in [5.74, 6) is 0.453. The fourth-order valence-corrected chi connectivity index (χ4v) is 2.07. The Morgan fingerprint density at radius 1 is 1.37 bits per heavy atom. The van der Waals surface area contributed by atoms with Crippen LogP contribution >= 0.6 is 0 Å². The predicted molar refractivity (Wildman–Crippen MR) is 75.0 cm³/mol. The minimum absolute atomic E-state index is 0.0614. The minimum atomic E-state index is -0.257. The monoisotopic (exact) mass is 258 g/mol. The van der Waals surface area contributed by atoms with Crippen molar-refractivity contribution in [1.29, 1.82) is 0 Å². The Morgan fingerprint density at radius 3 is 2.53 bits per heavy atom. The van der Waals surface area contributed by atoms with Crippen molar-refractivity contribution in [2.45, 2.75) is 13.3 Å². The molecule has 100 valence electrons. The lowest BCUT2D eigenvalue weighted by molar-refractivity contribution is -0.111. The summed E-state index contributed by atoms with van der Waals surface area (Å²) in [5.41, 5.74) is 1.32. The van der Waals surface area contributed by atoms with E-state index >= 15 is 0 Å². The van der Waals surface area contributed by atoms with E-state index < -0.39 is 0 Å². The Bertz CT molecular complexity index is 487. The lowest BCUT2D eigenvalue weighted by atomic mass is 9.96. The number of nitrogens with zero attached hydrogens (tertiary/aromatic N) is 1. The summed E-state index contributed by atoms with van der Waals surface area (Å²) in [6.07, 6.45) is 2.33. The van der Waals surface area contributed by atoms with Gasteiger partial charge in [0, 0.05) is 24.3 Å². The van der Waals surface area contributed by atoms with Gasteiger partial charge in [-0.1, -0.05) is 13.5 Å². The van der Waals surface area contributed by atoms with E-state index in [4.69, 9.17) is 0 Å². The van der Waals surface area contributed by atoms with Crippen molar-refractivity contribution in [2.24, 2.45) is 5.92 Å². The van der Waals surface area contributed by atoms with E-state index in [1.54, 1.807) is 24.3 Å². The van der Waals surface area contributed by atoms with Crippen LogP contribution in [0.1, 0.15) is 23.7 Å². The maximum atomic E-state index is 12.1. The Labute approximate surface area is 113 Å². The van der Waals surface area contributed by atoms with E-state index in [-0.39, 0.29) is 11.8 Å². The zero-order valence-electron chi connectivity index (χ0n) is 11.1. The SMILES string of the molecule is C=CC(=O)Nc1ccc(C(=O)N2CC(CC)C2)cc1. The van der Waals surface area contributed by atoms with Crippen LogP contribution in [0.15, 0.2) is 36.9 Å². The summed E-state index contributed by atoms with van der Waals surface area (Å²) >= 11 is 0. The van der Waals surface area contributed by atoms with E-state index in [1.165, 1.54) is 6.08 Å². The molecular formula is C15H18N2O2. The topological polar surface area (TPSA) is 49.4 Å². The molecule has 1 heterocycles. The summed E-state index contributed by atoms with van der Waals surface area (Å²) < 4.78 is 0. The van der Waals surface area contributed by atoms with Crippen LogP contribution in [0.4, 0.5) is 5.69 Å². The fourth-order valence-electron chi connectivity index (χ4n) is 2.07. The molecular weight excluding hydrogens is 240 g/mol. The average Bonchev–Trinajstić information content (AvgIpc) is 2.38. The first-order valence-corrected chi connectivity index (χ1v) is 6.46. The molecule has 2 rings (SSSR count). The molecule has 1 fully saturated rings. The molecule has 1 saturated heterocycles. The largest absolute Gasteiger partial charge is 0.338 e. The molecule has 1 aromatic rings. The van der Waals surface area contributed by atoms with Gasteiger partial charge in [0.05, 0.1) is 0 Å². The van der Waals surface area contributed by atoms with Crippen LogP contribution in [0.3, 0.4) is 0 Å². The highest BCUT2D eigenvalue weighted by atomic mass is 16.2. The molecule has 0 aliphatic carbocycles. The lowest BCUT2D eigenvalue weighted by Crippen LogP contribution is -2.49. The van der Waals surface area contributed by atoms with E-state index in [0.29, 0.717) is 17.2 Å². The van der Waals surface area contributed by atoms with Crippen LogP contribution in [-0.2, 0) is 4.79 Å². The van der Waals surface area contributed by atoms with Crippen LogP contribution in [0.25, 0.3) is 0 Å². The van der Waals surface area contributed by atoms with Crippen molar-refractivity contribution >= 4 is 17.5 Å². The second kappa shape index (κ2) is 5.69. The normalized spacial score (nSPS) is 14.7. The van der Waals surface area contributed by atoms with Crippen molar-refractivity contribution in [3.8, 4) is 0 Å². The van der Waals surface area contributed by atoms with Gasteiger partial charge in [-0.05, 0) is 42.7 Å². The minimum Gasteiger partial charge on any atom is -0.338 e. The van der Waals surface area contributed by atoms with Crippen molar-refractivity contribution in [2.75, 3.05) is 18.4 Å². The standard InChI is InChI=1S/C15H18N2O2/c1-3-11-9-17(10-11)15(19)12-5-7-13(8-6-12)16-14(18)4-2/h4-8,11H,2-3,9-10H2,1H3,(H,16,18). The van der Waals surface area contributed by atoms with E-state index in [9.17, 15) is 9.59 Å². The van der Waals surface area contributed by atoms with Crippen LogP contribution in [0, 0.1) is 5.92 Å². The van der Waals surface area contributed by atoms with Crippen LogP contribution in [-0.4, -0.2) is 29.8 Å². The summed E-state index contributed by atoms with van der Waals surface area (Å²) in [6.45, 7) is 7.23. The van der Waals surface area contributed by atoms with Crippen LogP contribution < -0.4 is 5.32 Å². The summed E-state index contributed by atoms with van der Waals surface area (Å²) in [7, 11) is 0. The second-order valence-corrected chi connectivity index (χ2v) is 4.76. The average molecular weight is 258 g/mol. The van der Waals surface area contributed by atoms with Gasteiger partial charge in [0.1, 0.15) is 0 Å². The molecule has 0 spiro atoms. The molecule has 1 N–H and O–H groups in total. The number of likely N-dealkylation sites (tertiary alicyclic amines) is 1. The fraction of sp³-hybridized carbons (Fsp3) is 0.333. The molecule has 0 saturated carbocycles. The van der Waals surface area contributed by atoms with Crippen molar-refractivity contribution < 1.29 is 9.59 Å². The first kappa shape index (κ1) is 13.3. The molecule has 4 nitrogen and oxygen atoms in total. The van der Waals surface area contributed by atoms with Gasteiger partial charge >= 0.3 is 0 Å². The van der Waals surface area contributed by atoms with Gasteiger partial charge in [-0.25, -0.2) is 0 Å². The van der Waals surface area contributed by atoms with E-state index in [1.807, 2.05) is 4.90 Å². The first-order valence-electron chi connectivity index (χ1n) is 6.46. The number of amides is 2. The number of nitrogens with one attached hydrogen (secondary N) is 1. The summed E-state index contributed by atoms with van der Waals surface area (Å²) in [5, 5.41) is 2.65. The smallest absolute Gasteiger partial charge is 0.253 e. The van der Waals surface area contributed by atoms with Gasteiger partial charge in [0.25, 0.3) is 5.91 Å². The third kappa shape index (κ3) is 3.02. The van der Waals surface area contributed by atoms with Gasteiger partial charge in [-0.3, -0.25) is 9.59 Å². The third-order valence-corrected chi connectivity index (χ3v) is 3.41. The van der Waals surface area contributed by atoms with Gasteiger partial charge in [0.15, 0.2) is 0 Å². The lowest BCUT2D eigenvalue weighted by Gasteiger charge is -2.38. The summed E-state index contributed by atoms with van der Waals surface area (Å²) in [6, 6.07) is 6.93. The maximum absolute atomic E-state index is 12.1. The van der Waals surface area contributed by atoms with Gasteiger partial charge < -0.3 is 10.2 Å². The molecule has 19 heavy (non-hydrogen) atoms. The summed E-state index contributed by atoms with van der Waals surface area (Å²) in [4.78, 5) is 25.1. The Kier molecular flexibility index (Phi) is 4.00. The Balaban J connectivity index is 1.96. The molecule has 0 radical (unpaired) electrons. The zero-order chi connectivity index (χ0) is 13.8. The number of carbonyl (C=O) groups excluding carboxylic acids is 2. The van der Waals surface area contributed by atoms with Crippen LogP contribution in [0.2, 0.25) is 0 Å². The number of hydrogen-bond acceptors (Lipinski definition) is 2. The zero-order valence-corrected chi connectivity index (χ0v) is 11.1. The highest BCUT2D eigenvalue weighted by Gasteiger charge is 2.29. The first-order chi connectivity index (χ1) is 9.13. The van der Waals surface area contributed by atoms with E-state index in [2.05, 4.69) is 18.8 Å². The maximum Gasteiger partial charge on any atom is 0.253 e. The van der Waals surface area contributed by atoms with Gasteiger partial charge in [-0.2, -0.15) is 0 Å². The molecule has 1 aliphatic heterocycles. The quantitative estimate of drug-likeness (QED) is 0.842. The number of rotatable bonds is 4. The predicted octanol–water partition coefficient (Wildman–Crippen LogP) is 2.29. The number of carbonyl (C=O) groups is 2. The van der Waals surface area contributed by atoms with E-state index in [0.717, 1.165) is 19.5 Å². The van der Waals surface area contributed by atoms with Gasteiger partial charge in [0.2, 0.25) is 5.91 Å². The highest BCUT2D eigenvalue weighted by Crippen LogP contribution is 2.21. The molecule has 0 atom stereocenters. The molecule has 0 bridgehead atoms. The number of hydrogen-bond donors (Lipinski definition) is 1. The number of benzene rings is 1. The Morgan fingerprint density at radius 2 is 2.00 bits per heavy atom. The van der Waals surface area contributed by atoms with Gasteiger partial charge in [-0.15, -0.1) is 0 Å². The Hall–Kier alpha value is -2.10. The number of anilines is 1. The highest BCUT2D eigenvalue weighted by molar-refractivity contribution is 5.99. The molecule has 0 aromatic heterocycles. The molecule has 1 aliphatic rings. The second-order valence-electron chi connectivity index (χ2n) is 4.76. The van der Waals surface area contributed by atoms with Crippen molar-refractivity contribution in [1.82, 2.24) is 4.90 Å². The van der Waals surface area contributed by atoms with Crippen molar-refractivity contribution in [3.05, 3.63) is 42.5 Å². The molecule has 0 unspecified atom stereocenters. The third-order valence-electron chi connectivity index (χ3n) is 3.41. The molecule has 2 amide bonds. The molecule has 4 heteroatoms.